The van der Waals surface area contributed by atoms with Crippen LogP contribution in [-0.4, -0.2) is 38.9 Å². The van der Waals surface area contributed by atoms with Crippen LogP contribution in [0.3, 0.4) is 0 Å². The summed E-state index contributed by atoms with van der Waals surface area (Å²) < 4.78 is 26.6. The highest BCUT2D eigenvalue weighted by Gasteiger charge is 2.26. The monoisotopic (exact) mass is 338 g/mol. The van der Waals surface area contributed by atoms with Crippen LogP contribution < -0.4 is 5.32 Å². The lowest BCUT2D eigenvalue weighted by molar-refractivity contribution is 0.360. The van der Waals surface area contributed by atoms with Gasteiger partial charge in [0.2, 0.25) is 10.0 Å². The molecule has 1 heterocycles. The summed E-state index contributed by atoms with van der Waals surface area (Å²) in [6.07, 6.45) is 0. The molecule has 0 atom stereocenters. The zero-order chi connectivity index (χ0) is 12.5. The van der Waals surface area contributed by atoms with E-state index in [0.29, 0.717) is 35.7 Å². The van der Waals surface area contributed by atoms with E-state index < -0.39 is 10.0 Å². The first-order chi connectivity index (χ1) is 8.01. The smallest absolute Gasteiger partial charge is 0.243 e. The Labute approximate surface area is 114 Å². The van der Waals surface area contributed by atoms with Gasteiger partial charge in [-0.1, -0.05) is 11.6 Å². The van der Waals surface area contributed by atoms with Crippen LogP contribution in [0.25, 0.3) is 0 Å². The van der Waals surface area contributed by atoms with Crippen molar-refractivity contribution in [2.24, 2.45) is 0 Å². The van der Waals surface area contributed by atoms with Gasteiger partial charge in [0.05, 0.1) is 9.92 Å². The molecule has 17 heavy (non-hydrogen) atoms. The van der Waals surface area contributed by atoms with Crippen molar-refractivity contribution in [3.05, 3.63) is 27.7 Å². The number of nitrogens with one attached hydrogen (secondary N) is 1. The number of benzene rings is 1. The van der Waals surface area contributed by atoms with Gasteiger partial charge in [0, 0.05) is 30.7 Å². The number of sulfonamides is 1. The van der Waals surface area contributed by atoms with Crippen molar-refractivity contribution in [2.45, 2.75) is 4.90 Å². The number of nitrogens with zero attached hydrogens (tertiary/aromatic N) is 1. The first kappa shape index (κ1) is 13.3. The first-order valence-corrected chi connectivity index (χ1v) is 7.79. The van der Waals surface area contributed by atoms with Crippen LogP contribution in [-0.2, 0) is 10.0 Å². The molecule has 94 valence electrons. The summed E-state index contributed by atoms with van der Waals surface area (Å²) in [7, 11) is -3.40. The molecule has 0 radical (unpaired) electrons. The Hall–Kier alpha value is -0.140. The zero-order valence-electron chi connectivity index (χ0n) is 8.99. The van der Waals surface area contributed by atoms with Crippen molar-refractivity contribution in [1.29, 1.82) is 0 Å². The predicted octanol–water partition coefficient (Wildman–Crippen LogP) is 1.70. The Morgan fingerprint density at radius 2 is 1.94 bits per heavy atom. The Balaban J connectivity index is 2.33. The predicted molar refractivity (Wildman–Crippen MR) is 70.8 cm³/mol. The average molecular weight is 340 g/mol. The molecule has 1 N–H and O–H groups in total. The molecule has 1 saturated heterocycles. The molecule has 0 bridgehead atoms. The number of piperazine rings is 1. The van der Waals surface area contributed by atoms with Gasteiger partial charge in [-0.15, -0.1) is 0 Å². The molecule has 1 aliphatic rings. The molecule has 7 heteroatoms. The third-order valence-electron chi connectivity index (χ3n) is 2.60. The quantitative estimate of drug-likeness (QED) is 0.892. The van der Waals surface area contributed by atoms with Crippen LogP contribution in [0.4, 0.5) is 0 Å². The van der Waals surface area contributed by atoms with E-state index in [4.69, 9.17) is 11.6 Å². The van der Waals surface area contributed by atoms with Crippen molar-refractivity contribution in [1.82, 2.24) is 9.62 Å². The second-order valence-corrected chi connectivity index (χ2v) is 6.93. The molecule has 0 spiro atoms. The molecular formula is C10H12BrClN2O2S. The number of halogens is 2. The first-order valence-electron chi connectivity index (χ1n) is 5.18. The van der Waals surface area contributed by atoms with Gasteiger partial charge in [-0.25, -0.2) is 8.42 Å². The summed E-state index contributed by atoms with van der Waals surface area (Å²) in [4.78, 5) is 0.274. The highest BCUT2D eigenvalue weighted by molar-refractivity contribution is 9.10. The average Bonchev–Trinajstić information content (AvgIpc) is 2.33. The molecule has 0 amide bonds. The molecule has 0 aromatic heterocycles. The Bertz CT molecular complexity index is 515. The van der Waals surface area contributed by atoms with Gasteiger partial charge >= 0.3 is 0 Å². The van der Waals surface area contributed by atoms with E-state index >= 15 is 0 Å². The lowest BCUT2D eigenvalue weighted by Crippen LogP contribution is -2.46. The molecule has 4 nitrogen and oxygen atoms in total. The Morgan fingerprint density at radius 3 is 2.53 bits per heavy atom. The lowest BCUT2D eigenvalue weighted by atomic mass is 10.4. The van der Waals surface area contributed by atoms with Gasteiger partial charge in [0.1, 0.15) is 0 Å². The van der Waals surface area contributed by atoms with Crippen molar-refractivity contribution in [3.63, 3.8) is 0 Å². The van der Waals surface area contributed by atoms with Crippen molar-refractivity contribution in [3.8, 4) is 0 Å². The normalized spacial score (nSPS) is 18.2. The third kappa shape index (κ3) is 2.82. The Kier molecular flexibility index (Phi) is 4.10. The lowest BCUT2D eigenvalue weighted by Gasteiger charge is -2.26. The van der Waals surface area contributed by atoms with E-state index in [9.17, 15) is 8.42 Å². The largest absolute Gasteiger partial charge is 0.314 e. The van der Waals surface area contributed by atoms with Gasteiger partial charge in [-0.05, 0) is 34.1 Å². The van der Waals surface area contributed by atoms with Gasteiger partial charge < -0.3 is 5.32 Å². The standard InChI is InChI=1S/C10H12BrClN2O2S/c11-9-7-8(1-2-10(9)12)17(15,16)14-5-3-13-4-6-14/h1-2,7,13H,3-6H2. The molecule has 0 aliphatic carbocycles. The van der Waals surface area contributed by atoms with E-state index in [1.54, 1.807) is 12.1 Å². The molecule has 0 unspecified atom stereocenters. The van der Waals surface area contributed by atoms with Crippen LogP contribution >= 0.6 is 27.5 Å². The molecule has 2 rings (SSSR count). The summed E-state index contributed by atoms with van der Waals surface area (Å²) in [5.41, 5.74) is 0. The highest BCUT2D eigenvalue weighted by atomic mass is 79.9. The third-order valence-corrected chi connectivity index (χ3v) is 5.71. The Morgan fingerprint density at radius 1 is 1.29 bits per heavy atom. The summed E-state index contributed by atoms with van der Waals surface area (Å²) >= 11 is 9.09. The zero-order valence-corrected chi connectivity index (χ0v) is 12.1. The minimum absolute atomic E-state index is 0.274. The highest BCUT2D eigenvalue weighted by Crippen LogP contribution is 2.26. The molecule has 1 fully saturated rings. The second-order valence-electron chi connectivity index (χ2n) is 3.73. The molecule has 1 aliphatic heterocycles. The fourth-order valence-corrected chi connectivity index (χ4v) is 3.79. The maximum Gasteiger partial charge on any atom is 0.243 e. The van der Waals surface area contributed by atoms with Crippen LogP contribution in [0.5, 0.6) is 0 Å². The minimum atomic E-state index is -3.40. The maximum atomic E-state index is 12.3. The van der Waals surface area contributed by atoms with Gasteiger partial charge in [0.15, 0.2) is 0 Å². The van der Waals surface area contributed by atoms with Gasteiger partial charge in [-0.2, -0.15) is 4.31 Å². The molecule has 1 aromatic rings. The van der Waals surface area contributed by atoms with E-state index in [-0.39, 0.29) is 4.90 Å². The summed E-state index contributed by atoms with van der Waals surface area (Å²) in [6.45, 7) is 2.38. The topological polar surface area (TPSA) is 49.4 Å². The maximum absolute atomic E-state index is 12.3. The van der Waals surface area contributed by atoms with Crippen molar-refractivity contribution in [2.75, 3.05) is 26.2 Å². The number of hydrogen-bond donors (Lipinski definition) is 1. The van der Waals surface area contributed by atoms with Crippen LogP contribution in [0.15, 0.2) is 27.6 Å². The van der Waals surface area contributed by atoms with Gasteiger partial charge in [0.25, 0.3) is 0 Å². The van der Waals surface area contributed by atoms with Crippen molar-refractivity contribution >= 4 is 37.6 Å². The van der Waals surface area contributed by atoms with Crippen LogP contribution in [0.2, 0.25) is 5.02 Å². The molecular weight excluding hydrogens is 328 g/mol. The van der Waals surface area contributed by atoms with E-state index in [1.165, 1.54) is 10.4 Å². The second kappa shape index (κ2) is 5.24. The van der Waals surface area contributed by atoms with Crippen LogP contribution in [0.1, 0.15) is 0 Å². The van der Waals surface area contributed by atoms with Gasteiger partial charge in [-0.3, -0.25) is 0 Å². The fourth-order valence-electron chi connectivity index (χ4n) is 1.67. The fraction of sp³-hybridized carbons (Fsp3) is 0.400. The summed E-state index contributed by atoms with van der Waals surface area (Å²) in [6, 6.07) is 4.66. The number of rotatable bonds is 2. The van der Waals surface area contributed by atoms with E-state index in [2.05, 4.69) is 21.2 Å². The SMILES string of the molecule is O=S(=O)(c1ccc(Cl)c(Br)c1)N1CCNCC1. The molecule has 0 saturated carbocycles. The molecule has 1 aromatic carbocycles. The summed E-state index contributed by atoms with van der Waals surface area (Å²) in [5, 5.41) is 3.63. The van der Waals surface area contributed by atoms with E-state index in [1.807, 2.05) is 0 Å². The van der Waals surface area contributed by atoms with Crippen molar-refractivity contribution < 1.29 is 8.42 Å². The number of hydrogen-bond acceptors (Lipinski definition) is 3. The van der Waals surface area contributed by atoms with E-state index in [0.717, 1.165) is 0 Å². The van der Waals surface area contributed by atoms with Crippen LogP contribution in [0, 0.1) is 0 Å². The minimum Gasteiger partial charge on any atom is -0.314 e. The summed E-state index contributed by atoms with van der Waals surface area (Å²) in [5.74, 6) is 0.